The number of benzene rings is 1. The van der Waals surface area contributed by atoms with Crippen molar-refractivity contribution in [1.82, 2.24) is 15.0 Å². The number of hydrogen-bond acceptors (Lipinski definition) is 7. The van der Waals surface area contributed by atoms with E-state index < -0.39 is 0 Å². The fourth-order valence-corrected chi connectivity index (χ4v) is 3.84. The number of aromatic nitrogens is 3. The van der Waals surface area contributed by atoms with Crippen LogP contribution < -0.4 is 10.6 Å². The predicted octanol–water partition coefficient (Wildman–Crippen LogP) is 3.30. The fraction of sp³-hybridized carbons (Fsp3) is 0.286. The number of hydrogen-bond donors (Lipinski definition) is 2. The zero-order chi connectivity index (χ0) is 19.4. The number of aromatic hydroxyl groups is 1. The molecule has 4 heterocycles. The second-order valence-electron chi connectivity index (χ2n) is 7.38. The van der Waals surface area contributed by atoms with Crippen LogP contribution in [0.15, 0.2) is 34.7 Å². The third kappa shape index (κ3) is 2.66. The molecule has 28 heavy (non-hydrogen) atoms. The largest absolute Gasteiger partial charge is 0.507 e. The second kappa shape index (κ2) is 6.17. The smallest absolute Gasteiger partial charge is 0.192 e. The van der Waals surface area contributed by atoms with Crippen molar-refractivity contribution in [2.45, 2.75) is 26.3 Å². The van der Waals surface area contributed by atoms with Crippen LogP contribution in [0.25, 0.3) is 33.4 Å². The highest BCUT2D eigenvalue weighted by molar-refractivity contribution is 5.89. The Morgan fingerprint density at radius 1 is 1.11 bits per heavy atom. The van der Waals surface area contributed by atoms with Gasteiger partial charge in [0.05, 0.1) is 16.7 Å². The molecule has 0 aliphatic carbocycles. The number of phenolic OH excluding ortho intramolecular Hbond substituents is 1. The number of oxazole rings is 1. The predicted molar refractivity (Wildman–Crippen MR) is 108 cm³/mol. The molecule has 0 radical (unpaired) electrons. The molecule has 1 saturated heterocycles. The fourth-order valence-electron chi connectivity index (χ4n) is 3.84. The Morgan fingerprint density at radius 2 is 1.89 bits per heavy atom. The van der Waals surface area contributed by atoms with Crippen LogP contribution in [0.5, 0.6) is 5.75 Å². The average Bonchev–Trinajstić information content (AvgIpc) is 3.29. The second-order valence-corrected chi connectivity index (χ2v) is 7.38. The van der Waals surface area contributed by atoms with Gasteiger partial charge in [-0.15, -0.1) is 0 Å². The average molecular weight is 375 g/mol. The molecular formula is C21H21N5O2. The minimum absolute atomic E-state index is 0.170. The van der Waals surface area contributed by atoms with Crippen molar-refractivity contribution in [3.63, 3.8) is 0 Å². The molecule has 0 saturated carbocycles. The van der Waals surface area contributed by atoms with Crippen LogP contribution in [0.3, 0.4) is 0 Å². The summed E-state index contributed by atoms with van der Waals surface area (Å²) in [6.07, 6.45) is 0.985. The van der Waals surface area contributed by atoms with E-state index in [9.17, 15) is 5.11 Å². The lowest BCUT2D eigenvalue weighted by molar-refractivity contribution is 0.473. The monoisotopic (exact) mass is 375 g/mol. The third-order valence-electron chi connectivity index (χ3n) is 5.35. The molecule has 7 heteroatoms. The number of aryl methyl sites for hydroxylation is 2. The topological polar surface area (TPSA) is 101 Å². The number of fused-ring (bicyclic) bond motifs is 2. The van der Waals surface area contributed by atoms with Crippen LogP contribution in [-0.4, -0.2) is 39.2 Å². The summed E-state index contributed by atoms with van der Waals surface area (Å²) in [5.41, 5.74) is 10.9. The van der Waals surface area contributed by atoms with Crippen LogP contribution in [0, 0.1) is 13.8 Å². The Kier molecular flexibility index (Phi) is 3.73. The first-order chi connectivity index (χ1) is 13.5. The summed E-state index contributed by atoms with van der Waals surface area (Å²) >= 11 is 0. The van der Waals surface area contributed by atoms with Crippen molar-refractivity contribution in [2.24, 2.45) is 5.73 Å². The minimum atomic E-state index is 0.170. The van der Waals surface area contributed by atoms with Gasteiger partial charge in [-0.1, -0.05) is 0 Å². The van der Waals surface area contributed by atoms with E-state index in [1.54, 1.807) is 13.0 Å². The summed E-state index contributed by atoms with van der Waals surface area (Å²) in [4.78, 5) is 16.0. The Bertz CT molecular complexity index is 1220. The van der Waals surface area contributed by atoms with Crippen LogP contribution in [0.4, 0.5) is 5.82 Å². The first kappa shape index (κ1) is 16.9. The Morgan fingerprint density at radius 3 is 2.68 bits per heavy atom. The van der Waals surface area contributed by atoms with Crippen molar-refractivity contribution >= 4 is 28.0 Å². The van der Waals surface area contributed by atoms with Crippen molar-refractivity contribution in [2.75, 3.05) is 18.0 Å². The number of phenols is 1. The number of rotatable bonds is 2. The molecule has 1 atom stereocenters. The third-order valence-corrected chi connectivity index (χ3v) is 5.35. The highest BCUT2D eigenvalue weighted by Crippen LogP contribution is 2.37. The molecule has 7 nitrogen and oxygen atoms in total. The van der Waals surface area contributed by atoms with Gasteiger partial charge in [0.25, 0.3) is 0 Å². The zero-order valence-electron chi connectivity index (χ0n) is 15.8. The standard InChI is InChI=1S/C21H21N5O2/c1-11-20-18(28-12(2)23-20)9-14(21(11)27)15-3-4-17-16(24-15)5-6-19(25-17)26-8-7-13(22)10-26/h3-6,9,13,27H,7-8,10,22H2,1-2H3/t13-/m0/s1. The Hall–Kier alpha value is -3.19. The molecule has 0 spiro atoms. The number of nitrogens with zero attached hydrogens (tertiary/aromatic N) is 4. The quantitative estimate of drug-likeness (QED) is 0.554. The molecule has 142 valence electrons. The van der Waals surface area contributed by atoms with Gasteiger partial charge in [-0.3, -0.25) is 0 Å². The van der Waals surface area contributed by atoms with E-state index in [0.29, 0.717) is 33.8 Å². The van der Waals surface area contributed by atoms with Gasteiger partial charge in [0.1, 0.15) is 17.1 Å². The van der Waals surface area contributed by atoms with E-state index in [2.05, 4.69) is 9.88 Å². The maximum atomic E-state index is 10.7. The van der Waals surface area contributed by atoms with Crippen molar-refractivity contribution in [3.05, 3.63) is 41.8 Å². The molecule has 4 aromatic rings. The summed E-state index contributed by atoms with van der Waals surface area (Å²) in [7, 11) is 0. The maximum absolute atomic E-state index is 10.7. The Balaban J connectivity index is 1.58. The lowest BCUT2D eigenvalue weighted by atomic mass is 10.0. The molecule has 3 aromatic heterocycles. The van der Waals surface area contributed by atoms with Gasteiger partial charge in [-0.2, -0.15) is 0 Å². The highest BCUT2D eigenvalue weighted by Gasteiger charge is 2.21. The molecule has 0 amide bonds. The van der Waals surface area contributed by atoms with E-state index in [-0.39, 0.29) is 11.8 Å². The van der Waals surface area contributed by atoms with Crippen molar-refractivity contribution in [3.8, 4) is 17.0 Å². The van der Waals surface area contributed by atoms with Crippen LogP contribution >= 0.6 is 0 Å². The van der Waals surface area contributed by atoms with Crippen molar-refractivity contribution in [1.29, 1.82) is 0 Å². The van der Waals surface area contributed by atoms with E-state index in [0.717, 1.165) is 36.4 Å². The van der Waals surface area contributed by atoms with Crippen LogP contribution in [0.1, 0.15) is 17.9 Å². The number of anilines is 1. The van der Waals surface area contributed by atoms with Gasteiger partial charge in [-0.25, -0.2) is 15.0 Å². The summed E-state index contributed by atoms with van der Waals surface area (Å²) in [6, 6.07) is 9.75. The van der Waals surface area contributed by atoms with Gasteiger partial charge < -0.3 is 20.2 Å². The van der Waals surface area contributed by atoms with Crippen LogP contribution in [0.2, 0.25) is 0 Å². The molecule has 1 fully saturated rings. The molecule has 1 aliphatic heterocycles. The number of pyridine rings is 2. The molecular weight excluding hydrogens is 354 g/mol. The minimum Gasteiger partial charge on any atom is -0.507 e. The molecule has 5 rings (SSSR count). The van der Waals surface area contributed by atoms with Gasteiger partial charge in [0.15, 0.2) is 11.5 Å². The van der Waals surface area contributed by atoms with Crippen molar-refractivity contribution < 1.29 is 9.52 Å². The van der Waals surface area contributed by atoms with Crippen LogP contribution in [-0.2, 0) is 0 Å². The van der Waals surface area contributed by atoms with E-state index in [1.807, 2.05) is 31.2 Å². The molecule has 3 N–H and O–H groups in total. The van der Waals surface area contributed by atoms with E-state index in [4.69, 9.17) is 20.1 Å². The summed E-state index contributed by atoms with van der Waals surface area (Å²) in [6.45, 7) is 5.38. The van der Waals surface area contributed by atoms with E-state index in [1.165, 1.54) is 0 Å². The normalized spacial score (nSPS) is 17.1. The first-order valence-electron chi connectivity index (χ1n) is 9.38. The van der Waals surface area contributed by atoms with E-state index >= 15 is 0 Å². The lowest BCUT2D eigenvalue weighted by Gasteiger charge is -2.17. The maximum Gasteiger partial charge on any atom is 0.192 e. The summed E-state index contributed by atoms with van der Waals surface area (Å²) < 4.78 is 5.66. The lowest BCUT2D eigenvalue weighted by Crippen LogP contribution is -2.26. The SMILES string of the molecule is Cc1nc2c(C)c(O)c(-c3ccc4nc(N5CC[C@H](N)C5)ccc4n3)cc2o1. The Labute approximate surface area is 161 Å². The van der Waals surface area contributed by atoms with Gasteiger partial charge in [-0.05, 0) is 43.7 Å². The number of nitrogens with two attached hydrogens (primary N) is 1. The van der Waals surface area contributed by atoms with Gasteiger partial charge in [0, 0.05) is 37.2 Å². The molecule has 1 aliphatic rings. The first-order valence-corrected chi connectivity index (χ1v) is 9.38. The summed E-state index contributed by atoms with van der Waals surface area (Å²) in [5, 5.41) is 10.7. The summed E-state index contributed by atoms with van der Waals surface area (Å²) in [5.74, 6) is 1.66. The molecule has 0 bridgehead atoms. The van der Waals surface area contributed by atoms with Gasteiger partial charge >= 0.3 is 0 Å². The highest BCUT2D eigenvalue weighted by atomic mass is 16.3. The molecule has 1 aromatic carbocycles. The van der Waals surface area contributed by atoms with Gasteiger partial charge in [0.2, 0.25) is 0 Å². The molecule has 0 unspecified atom stereocenters. The zero-order valence-corrected chi connectivity index (χ0v) is 15.8.